The highest BCUT2D eigenvalue weighted by atomic mass is 16.3. The molecular weight excluding hydrogens is 248 g/mol. The zero-order valence-corrected chi connectivity index (χ0v) is 14.2. The van der Waals surface area contributed by atoms with E-state index in [0.29, 0.717) is 6.61 Å². The standard InChI is InChI=1S/C16H34O.C2H5O/c1-2-3-4-5-6-7-8-9-10-11-12-13-14-15-16-17;1-2-3/h17H,2-16H2,1H3;2H2,1H3. The molecule has 0 aliphatic heterocycles. The molecule has 1 N–H and O–H groups in total. The minimum atomic E-state index is 0. The van der Waals surface area contributed by atoms with Gasteiger partial charge in [0.25, 0.3) is 0 Å². The van der Waals surface area contributed by atoms with Gasteiger partial charge in [-0.05, 0) is 13.3 Å². The third-order valence-corrected chi connectivity index (χ3v) is 3.51. The van der Waals surface area contributed by atoms with E-state index in [9.17, 15) is 0 Å². The highest BCUT2D eigenvalue weighted by molar-refractivity contribution is 4.48. The topological polar surface area (TPSA) is 40.1 Å². The fourth-order valence-corrected chi connectivity index (χ4v) is 2.31. The summed E-state index contributed by atoms with van der Waals surface area (Å²) in [4.78, 5) is 0. The van der Waals surface area contributed by atoms with Gasteiger partial charge in [0.15, 0.2) is 0 Å². The van der Waals surface area contributed by atoms with Gasteiger partial charge in [0.05, 0.1) is 6.61 Å². The van der Waals surface area contributed by atoms with E-state index >= 15 is 0 Å². The van der Waals surface area contributed by atoms with Gasteiger partial charge in [-0.25, -0.2) is 5.11 Å². The summed E-state index contributed by atoms with van der Waals surface area (Å²) in [6.45, 7) is 4.22. The van der Waals surface area contributed by atoms with Gasteiger partial charge >= 0.3 is 0 Å². The van der Waals surface area contributed by atoms with E-state index in [4.69, 9.17) is 10.2 Å². The Morgan fingerprint density at radius 2 is 0.800 bits per heavy atom. The summed E-state index contributed by atoms with van der Waals surface area (Å²) in [6, 6.07) is 0. The number of aliphatic hydroxyl groups excluding tert-OH is 1. The van der Waals surface area contributed by atoms with Crippen LogP contribution >= 0.6 is 0 Å². The lowest BCUT2D eigenvalue weighted by Crippen LogP contribution is -1.84. The Morgan fingerprint density at radius 1 is 0.550 bits per heavy atom. The van der Waals surface area contributed by atoms with Crippen LogP contribution < -0.4 is 0 Å². The van der Waals surface area contributed by atoms with Crippen molar-refractivity contribution in [2.75, 3.05) is 13.2 Å². The zero-order valence-electron chi connectivity index (χ0n) is 14.2. The van der Waals surface area contributed by atoms with Crippen molar-refractivity contribution in [3.8, 4) is 0 Å². The molecular formula is C18H39O2. The predicted octanol–water partition coefficient (Wildman–Crippen LogP) is 5.90. The van der Waals surface area contributed by atoms with E-state index < -0.39 is 0 Å². The van der Waals surface area contributed by atoms with Crippen LogP contribution in [-0.2, 0) is 5.11 Å². The first kappa shape index (κ1) is 22.2. The van der Waals surface area contributed by atoms with Crippen molar-refractivity contribution in [3.05, 3.63) is 0 Å². The van der Waals surface area contributed by atoms with Gasteiger partial charge in [0.2, 0.25) is 0 Å². The lowest BCUT2D eigenvalue weighted by atomic mass is 10.0. The Labute approximate surface area is 128 Å². The van der Waals surface area contributed by atoms with Crippen LogP contribution in [0.4, 0.5) is 0 Å². The van der Waals surface area contributed by atoms with Crippen LogP contribution in [0, 0.1) is 0 Å². The maximum absolute atomic E-state index is 8.93. The molecule has 0 unspecified atom stereocenters. The zero-order chi connectivity index (χ0) is 15.3. The van der Waals surface area contributed by atoms with E-state index in [0.717, 1.165) is 6.42 Å². The Morgan fingerprint density at radius 3 is 1.05 bits per heavy atom. The number of rotatable bonds is 14. The normalized spacial score (nSPS) is 10.2. The fourth-order valence-electron chi connectivity index (χ4n) is 2.31. The van der Waals surface area contributed by atoms with Gasteiger partial charge < -0.3 is 5.11 Å². The van der Waals surface area contributed by atoms with Crippen molar-refractivity contribution in [2.24, 2.45) is 0 Å². The second kappa shape index (κ2) is 24.0. The van der Waals surface area contributed by atoms with Gasteiger partial charge in [0, 0.05) is 6.61 Å². The number of unbranched alkanes of at least 4 members (excludes halogenated alkanes) is 13. The maximum atomic E-state index is 8.93. The number of aliphatic hydroxyl groups is 1. The summed E-state index contributed by atoms with van der Waals surface area (Å²) in [7, 11) is 0. The van der Waals surface area contributed by atoms with Crippen molar-refractivity contribution < 1.29 is 10.2 Å². The van der Waals surface area contributed by atoms with Crippen molar-refractivity contribution in [1.82, 2.24) is 0 Å². The minimum absolute atomic E-state index is 0. The highest BCUT2D eigenvalue weighted by Crippen LogP contribution is 2.12. The Bertz CT molecular complexity index is 123. The van der Waals surface area contributed by atoms with Crippen LogP contribution in [0.15, 0.2) is 0 Å². The van der Waals surface area contributed by atoms with Crippen LogP contribution in [0.1, 0.15) is 104 Å². The first-order valence-electron chi connectivity index (χ1n) is 9.02. The molecule has 0 atom stereocenters. The van der Waals surface area contributed by atoms with Gasteiger partial charge in [0.1, 0.15) is 0 Å². The third kappa shape index (κ3) is 26.5. The maximum Gasteiger partial charge on any atom is 0.0794 e. The second-order valence-electron chi connectivity index (χ2n) is 5.61. The lowest BCUT2D eigenvalue weighted by Gasteiger charge is -2.02. The SMILES string of the molecule is CCCCCCCCCCCCCCCCO.CC[O]. The van der Waals surface area contributed by atoms with Crippen molar-refractivity contribution in [3.63, 3.8) is 0 Å². The molecule has 2 heteroatoms. The molecule has 123 valence electrons. The first-order valence-corrected chi connectivity index (χ1v) is 9.02. The van der Waals surface area contributed by atoms with E-state index in [1.165, 1.54) is 83.5 Å². The molecule has 2 nitrogen and oxygen atoms in total. The predicted molar refractivity (Wildman–Crippen MR) is 88.6 cm³/mol. The molecule has 0 aromatic carbocycles. The van der Waals surface area contributed by atoms with E-state index in [-0.39, 0.29) is 6.61 Å². The highest BCUT2D eigenvalue weighted by Gasteiger charge is 1.93. The molecule has 0 amide bonds. The second-order valence-corrected chi connectivity index (χ2v) is 5.61. The summed E-state index contributed by atoms with van der Waals surface area (Å²) in [5.74, 6) is 0. The van der Waals surface area contributed by atoms with Gasteiger partial charge in [-0.15, -0.1) is 0 Å². The third-order valence-electron chi connectivity index (χ3n) is 3.51. The molecule has 0 fully saturated rings. The largest absolute Gasteiger partial charge is 0.396 e. The lowest BCUT2D eigenvalue weighted by molar-refractivity contribution is 0.212. The monoisotopic (exact) mass is 287 g/mol. The molecule has 0 rings (SSSR count). The summed E-state index contributed by atoms with van der Waals surface area (Å²) in [5, 5.41) is 17.6. The molecule has 0 aliphatic carbocycles. The molecule has 0 saturated carbocycles. The quantitative estimate of drug-likeness (QED) is 0.397. The van der Waals surface area contributed by atoms with Gasteiger partial charge in [-0.1, -0.05) is 90.4 Å². The van der Waals surface area contributed by atoms with E-state index in [2.05, 4.69) is 6.92 Å². The van der Waals surface area contributed by atoms with Crippen LogP contribution in [-0.4, -0.2) is 18.3 Å². The number of hydrogen-bond donors (Lipinski definition) is 1. The fraction of sp³-hybridized carbons (Fsp3) is 1.00. The smallest absolute Gasteiger partial charge is 0.0794 e. The van der Waals surface area contributed by atoms with Gasteiger partial charge in [-0.2, -0.15) is 0 Å². The molecule has 0 saturated heterocycles. The summed E-state index contributed by atoms with van der Waals surface area (Å²) >= 11 is 0. The molecule has 1 radical (unpaired) electrons. The van der Waals surface area contributed by atoms with Crippen molar-refractivity contribution >= 4 is 0 Å². The van der Waals surface area contributed by atoms with Crippen LogP contribution in [0.25, 0.3) is 0 Å². The Kier molecular flexibility index (Phi) is 26.6. The Balaban J connectivity index is 0. The van der Waals surface area contributed by atoms with Gasteiger partial charge in [-0.3, -0.25) is 0 Å². The molecule has 20 heavy (non-hydrogen) atoms. The number of hydrogen-bond acceptors (Lipinski definition) is 1. The molecule has 0 bridgehead atoms. The first-order chi connectivity index (χ1) is 9.83. The average molecular weight is 288 g/mol. The minimum Gasteiger partial charge on any atom is -0.396 e. The van der Waals surface area contributed by atoms with Crippen LogP contribution in [0.5, 0.6) is 0 Å². The van der Waals surface area contributed by atoms with Crippen LogP contribution in [0.2, 0.25) is 0 Å². The molecule has 0 heterocycles. The molecule has 0 spiro atoms. The van der Waals surface area contributed by atoms with E-state index in [1.807, 2.05) is 0 Å². The van der Waals surface area contributed by atoms with Crippen molar-refractivity contribution in [2.45, 2.75) is 104 Å². The Hall–Kier alpha value is -0.0800. The average Bonchev–Trinajstić information content (AvgIpc) is 2.45. The van der Waals surface area contributed by atoms with Crippen molar-refractivity contribution in [1.29, 1.82) is 0 Å². The molecule has 0 aromatic heterocycles. The molecule has 0 aromatic rings. The summed E-state index contributed by atoms with van der Waals surface area (Å²) < 4.78 is 0. The van der Waals surface area contributed by atoms with Crippen LogP contribution in [0.3, 0.4) is 0 Å². The van der Waals surface area contributed by atoms with E-state index in [1.54, 1.807) is 6.92 Å². The summed E-state index contributed by atoms with van der Waals surface area (Å²) in [6.07, 6.45) is 19.2. The molecule has 0 aliphatic rings. The summed E-state index contributed by atoms with van der Waals surface area (Å²) in [5.41, 5.74) is 0.